The monoisotopic (exact) mass is 624 g/mol. The third-order valence-electron chi connectivity index (χ3n) is 12.4. The molecule has 6 nitrogen and oxygen atoms in total. The van der Waals surface area contributed by atoms with Gasteiger partial charge in [-0.05, 0) is 111 Å². The number of nitrogens with zero attached hydrogens (tertiary/aromatic N) is 1. The summed E-state index contributed by atoms with van der Waals surface area (Å²) in [5.41, 5.74) is 5.94. The lowest BCUT2D eigenvalue weighted by Gasteiger charge is -2.49. The number of nitrogens with one attached hydrogen (secondary N) is 1. The molecule has 0 bridgehead atoms. The third-order valence-corrected chi connectivity index (χ3v) is 13.7. The van der Waals surface area contributed by atoms with Crippen molar-refractivity contribution in [2.24, 2.45) is 35.0 Å². The zero-order valence-electron chi connectivity index (χ0n) is 27.5. The Hall–Kier alpha value is -1.51. The topological polar surface area (TPSA) is 78.9 Å². The molecule has 2 aliphatic heterocycles. The highest BCUT2D eigenvalue weighted by Gasteiger charge is 2.53. The molecule has 3 fully saturated rings. The molecule has 0 amide bonds. The van der Waals surface area contributed by atoms with Gasteiger partial charge in [0.1, 0.15) is 0 Å². The van der Waals surface area contributed by atoms with E-state index in [4.69, 9.17) is 4.74 Å². The number of aliphatic hydroxyl groups excluding tert-OH is 1. The molecule has 6 rings (SSSR count). The number of piperidine rings is 1. The lowest BCUT2D eigenvalue weighted by molar-refractivity contribution is -0.0715. The molecule has 1 saturated heterocycles. The van der Waals surface area contributed by atoms with E-state index >= 15 is 0 Å². The van der Waals surface area contributed by atoms with E-state index in [0.717, 1.165) is 50.3 Å². The maximum Gasteiger partial charge on any atom is 0.211 e. The highest BCUT2D eigenvalue weighted by molar-refractivity contribution is 7.89. The summed E-state index contributed by atoms with van der Waals surface area (Å²) in [5, 5.41) is 10.4. The number of allylic oxidation sites excluding steroid dienone is 2. The van der Waals surface area contributed by atoms with E-state index in [1.165, 1.54) is 36.8 Å². The van der Waals surface area contributed by atoms with Crippen molar-refractivity contribution in [1.29, 1.82) is 0 Å². The molecule has 2 heterocycles. The Bertz CT molecular complexity index is 1330. The summed E-state index contributed by atoms with van der Waals surface area (Å²) in [7, 11) is -3.34. The van der Waals surface area contributed by atoms with Gasteiger partial charge in [-0.15, -0.1) is 0 Å². The van der Waals surface area contributed by atoms with Crippen molar-refractivity contribution in [2.75, 3.05) is 32.0 Å². The van der Waals surface area contributed by atoms with E-state index in [0.29, 0.717) is 49.3 Å². The molecule has 44 heavy (non-hydrogen) atoms. The molecule has 3 aliphatic carbocycles. The maximum absolute atomic E-state index is 12.8. The molecule has 244 valence electrons. The quantitative estimate of drug-likeness (QED) is 0.357. The average Bonchev–Trinajstić information content (AvgIpc) is 3.38. The highest BCUT2D eigenvalue weighted by atomic mass is 32.2. The van der Waals surface area contributed by atoms with Crippen LogP contribution in [-0.2, 0) is 21.2 Å². The van der Waals surface area contributed by atoms with Gasteiger partial charge < -0.3 is 9.84 Å². The van der Waals surface area contributed by atoms with Crippen LogP contribution in [0.2, 0.25) is 0 Å². The molecule has 0 radical (unpaired) electrons. The van der Waals surface area contributed by atoms with Crippen molar-refractivity contribution in [3.05, 3.63) is 58.7 Å². The fourth-order valence-corrected chi connectivity index (χ4v) is 11.1. The van der Waals surface area contributed by atoms with Gasteiger partial charge in [-0.3, -0.25) is 4.90 Å². The second-order valence-electron chi connectivity index (χ2n) is 15.3. The fraction of sp³-hybridized carbons (Fsp3) is 0.730. The highest BCUT2D eigenvalue weighted by Crippen LogP contribution is 2.62. The molecule has 0 spiro atoms. The van der Waals surface area contributed by atoms with Crippen LogP contribution < -0.4 is 4.72 Å². The molecule has 2 saturated carbocycles. The molecule has 0 aromatic heterocycles. The molecule has 1 aromatic rings. The minimum Gasteiger partial charge on any atom is -0.389 e. The first-order chi connectivity index (χ1) is 21.0. The summed E-state index contributed by atoms with van der Waals surface area (Å²) in [6, 6.07) is 10.2. The van der Waals surface area contributed by atoms with Gasteiger partial charge in [-0.2, -0.15) is 0 Å². The predicted octanol–water partition coefficient (Wildman–Crippen LogP) is 6.12. The average molecular weight is 625 g/mol. The summed E-state index contributed by atoms with van der Waals surface area (Å²) in [6.45, 7) is 12.4. The Kier molecular flexibility index (Phi) is 9.81. The minimum atomic E-state index is -3.34. The number of fused-ring (bicyclic) bond motifs is 6. The van der Waals surface area contributed by atoms with Gasteiger partial charge >= 0.3 is 0 Å². The molecule has 9 atom stereocenters. The molecule has 5 aliphatic rings. The van der Waals surface area contributed by atoms with Crippen LogP contribution in [0.3, 0.4) is 0 Å². The van der Waals surface area contributed by atoms with E-state index < -0.39 is 10.0 Å². The van der Waals surface area contributed by atoms with Gasteiger partial charge in [0.15, 0.2) is 0 Å². The summed E-state index contributed by atoms with van der Waals surface area (Å²) in [6.07, 6.45) is 11.7. The second kappa shape index (κ2) is 13.3. The first-order valence-corrected chi connectivity index (χ1v) is 19.1. The Balaban J connectivity index is 1.13. The van der Waals surface area contributed by atoms with Gasteiger partial charge in [0.25, 0.3) is 0 Å². The van der Waals surface area contributed by atoms with E-state index in [-0.39, 0.29) is 23.4 Å². The van der Waals surface area contributed by atoms with Crippen molar-refractivity contribution < 1.29 is 18.3 Å². The van der Waals surface area contributed by atoms with Crippen molar-refractivity contribution in [3.63, 3.8) is 0 Å². The van der Waals surface area contributed by atoms with E-state index in [1.807, 2.05) is 30.3 Å². The van der Waals surface area contributed by atoms with E-state index in [2.05, 4.69) is 43.4 Å². The Morgan fingerprint density at radius 3 is 2.70 bits per heavy atom. The number of rotatable bonds is 7. The second-order valence-corrected chi connectivity index (χ2v) is 17.2. The maximum atomic E-state index is 12.8. The first-order valence-electron chi connectivity index (χ1n) is 17.5. The van der Waals surface area contributed by atoms with Gasteiger partial charge in [0.05, 0.1) is 24.6 Å². The number of hydrogen-bond donors (Lipinski definition) is 2. The van der Waals surface area contributed by atoms with Gasteiger partial charge in [0.2, 0.25) is 10.0 Å². The number of aryl methyl sites for hydroxylation is 1. The number of benzene rings is 1. The lowest BCUT2D eigenvalue weighted by Crippen LogP contribution is -2.56. The zero-order chi connectivity index (χ0) is 31.1. The minimum absolute atomic E-state index is 0.118. The molecule has 7 heteroatoms. The van der Waals surface area contributed by atoms with Crippen LogP contribution in [0.1, 0.15) is 84.6 Å². The van der Waals surface area contributed by atoms with Gasteiger partial charge in [-0.25, -0.2) is 13.1 Å². The van der Waals surface area contributed by atoms with Gasteiger partial charge in [-0.1, -0.05) is 68.3 Å². The van der Waals surface area contributed by atoms with Crippen molar-refractivity contribution in [3.8, 4) is 0 Å². The van der Waals surface area contributed by atoms with Crippen LogP contribution in [0.15, 0.2) is 53.1 Å². The molecule has 9 unspecified atom stereocenters. The van der Waals surface area contributed by atoms with Gasteiger partial charge in [0, 0.05) is 25.7 Å². The van der Waals surface area contributed by atoms with E-state index in [1.54, 1.807) is 5.57 Å². The Morgan fingerprint density at radius 2 is 1.91 bits per heavy atom. The number of hydrogen-bond acceptors (Lipinski definition) is 5. The molecule has 2 N–H and O–H groups in total. The Labute approximate surface area is 266 Å². The lowest BCUT2D eigenvalue weighted by atomic mass is 9.56. The summed E-state index contributed by atoms with van der Waals surface area (Å²) in [5.74, 6) is 3.17. The van der Waals surface area contributed by atoms with E-state index in [9.17, 15) is 13.5 Å². The smallest absolute Gasteiger partial charge is 0.211 e. The van der Waals surface area contributed by atoms with Crippen LogP contribution >= 0.6 is 0 Å². The van der Waals surface area contributed by atoms with Crippen LogP contribution in [0.25, 0.3) is 0 Å². The normalized spacial score (nSPS) is 38.2. The Morgan fingerprint density at radius 1 is 1.11 bits per heavy atom. The summed E-state index contributed by atoms with van der Waals surface area (Å²) >= 11 is 0. The fourth-order valence-electron chi connectivity index (χ4n) is 10.0. The third kappa shape index (κ3) is 6.78. The number of sulfonamides is 1. The zero-order valence-corrected chi connectivity index (χ0v) is 28.3. The largest absolute Gasteiger partial charge is 0.389 e. The van der Waals surface area contributed by atoms with Crippen LogP contribution in [0.4, 0.5) is 0 Å². The van der Waals surface area contributed by atoms with Crippen LogP contribution in [-0.4, -0.2) is 68.7 Å². The summed E-state index contributed by atoms with van der Waals surface area (Å²) in [4.78, 5) is 2.55. The molecule has 1 aromatic carbocycles. The first kappa shape index (κ1) is 32.4. The summed E-state index contributed by atoms with van der Waals surface area (Å²) < 4.78 is 35.5. The van der Waals surface area contributed by atoms with Crippen molar-refractivity contribution >= 4 is 10.0 Å². The number of ether oxygens (including phenoxy) is 1. The van der Waals surface area contributed by atoms with Crippen molar-refractivity contribution in [2.45, 2.75) is 104 Å². The van der Waals surface area contributed by atoms with Crippen LogP contribution in [0.5, 0.6) is 0 Å². The van der Waals surface area contributed by atoms with Crippen LogP contribution in [0, 0.1) is 35.0 Å². The SMILES string of the molecule is CC1=C2CC3C(CCC4=CC(O)CCC43C)C2CCC(C)C2C(CC(C)CN2CCNS(=O)(=O)CCc2ccccc2)OC1. The standard InChI is InChI=1S/C37H56N2O4S/c1-25-20-35-36(39(23-25)18-17-38-44(41,42)19-15-28-8-6-5-7-9-28)26(2)10-12-31-32-13-11-29-21-30(40)14-16-37(29,4)34(32)22-33(31)27(3)24-43-35/h5-9,21,25-26,30-32,34-36,38,40H,10-20,22-24H2,1-4H3. The van der Waals surface area contributed by atoms with Crippen molar-refractivity contribution in [1.82, 2.24) is 9.62 Å². The number of likely N-dealkylation sites (tertiary alicyclic amines) is 1. The molecular formula is C37H56N2O4S. The number of aliphatic hydroxyl groups is 1. The molecular weight excluding hydrogens is 568 g/mol. The predicted molar refractivity (Wildman–Crippen MR) is 178 cm³/mol.